The van der Waals surface area contributed by atoms with Crippen molar-refractivity contribution in [2.24, 2.45) is 0 Å². The number of ketones is 1. The zero-order valence-corrected chi connectivity index (χ0v) is 15.8. The number of hydrogen-bond donors (Lipinski definition) is 1. The van der Waals surface area contributed by atoms with E-state index in [-0.39, 0.29) is 11.7 Å². The lowest BCUT2D eigenvalue weighted by Crippen LogP contribution is -2.44. The molecule has 3 rings (SSSR count). The second kappa shape index (κ2) is 8.44. The minimum atomic E-state index is -0.391. The molecule has 27 heavy (non-hydrogen) atoms. The number of carbonyl (C=O) groups excluding carboxylic acids is 2. The summed E-state index contributed by atoms with van der Waals surface area (Å²) in [6.45, 7) is 3.15. The maximum Gasteiger partial charge on any atom is 0.251 e. The van der Waals surface area contributed by atoms with Crippen LogP contribution >= 0.6 is 0 Å². The van der Waals surface area contributed by atoms with E-state index < -0.39 is 5.82 Å². The number of halogens is 1. The molecule has 0 aliphatic carbocycles. The first-order chi connectivity index (χ1) is 13.0. The summed E-state index contributed by atoms with van der Waals surface area (Å²) in [5.74, 6) is -0.629. The van der Waals surface area contributed by atoms with E-state index in [4.69, 9.17) is 0 Å². The molecule has 1 atom stereocenters. The van der Waals surface area contributed by atoms with Crippen molar-refractivity contribution in [1.29, 1.82) is 0 Å². The Balaban J connectivity index is 1.69. The number of nitrogens with one attached hydrogen (secondary N) is 1. The summed E-state index contributed by atoms with van der Waals surface area (Å²) in [6, 6.07) is 11.5. The van der Waals surface area contributed by atoms with Gasteiger partial charge in [0.2, 0.25) is 0 Å². The molecule has 0 spiro atoms. The van der Waals surface area contributed by atoms with Crippen LogP contribution in [-0.4, -0.2) is 42.8 Å². The lowest BCUT2D eigenvalue weighted by atomic mass is 9.99. The Hall–Kier alpha value is -2.53. The van der Waals surface area contributed by atoms with E-state index in [1.807, 2.05) is 0 Å². The van der Waals surface area contributed by atoms with Crippen LogP contribution < -0.4 is 5.32 Å². The number of benzene rings is 2. The van der Waals surface area contributed by atoms with E-state index >= 15 is 0 Å². The minimum absolute atomic E-state index is 0.111. The fraction of sp³-hybridized carbons (Fsp3) is 0.364. The Kier molecular flexibility index (Phi) is 6.01. The summed E-state index contributed by atoms with van der Waals surface area (Å²) in [5, 5.41) is 2.99. The largest absolute Gasteiger partial charge is 0.350 e. The smallest absolute Gasteiger partial charge is 0.251 e. The third-order valence-electron chi connectivity index (χ3n) is 5.25. The van der Waals surface area contributed by atoms with Crippen molar-refractivity contribution in [1.82, 2.24) is 10.2 Å². The van der Waals surface area contributed by atoms with Crippen molar-refractivity contribution >= 4 is 11.7 Å². The SMILES string of the molecule is CC(=O)c1ccc(F)c(-c2ccc(C(=O)NC[C@@H]3CCCCN3C)cc2)c1. The standard InChI is InChI=1S/C22H25FN2O2/c1-15(26)18-10-11-21(23)20(13-18)16-6-8-17(9-7-16)22(27)24-14-19-5-3-4-12-25(19)2/h6-11,13,19H,3-5,12,14H2,1-2H3,(H,24,27)/t19-/m0/s1. The van der Waals surface area contributed by atoms with Crippen LogP contribution in [0.5, 0.6) is 0 Å². The summed E-state index contributed by atoms with van der Waals surface area (Å²) in [5.41, 5.74) is 2.00. The molecule has 1 N–H and O–H groups in total. The van der Waals surface area contributed by atoms with E-state index in [0.717, 1.165) is 13.0 Å². The number of carbonyl (C=O) groups is 2. The van der Waals surface area contributed by atoms with Crippen molar-refractivity contribution in [2.45, 2.75) is 32.2 Å². The van der Waals surface area contributed by atoms with Gasteiger partial charge in [-0.3, -0.25) is 9.59 Å². The highest BCUT2D eigenvalue weighted by molar-refractivity contribution is 5.96. The molecule has 1 aliphatic rings. The summed E-state index contributed by atoms with van der Waals surface area (Å²) in [6.07, 6.45) is 3.51. The molecular formula is C22H25FN2O2. The normalized spacial score (nSPS) is 17.5. The molecule has 5 heteroatoms. The number of nitrogens with zero attached hydrogens (tertiary/aromatic N) is 1. The van der Waals surface area contributed by atoms with Crippen molar-refractivity contribution in [3.05, 3.63) is 59.4 Å². The molecule has 0 aromatic heterocycles. The second-order valence-electron chi connectivity index (χ2n) is 7.17. The number of piperidine rings is 1. The topological polar surface area (TPSA) is 49.4 Å². The average Bonchev–Trinajstić information content (AvgIpc) is 2.67. The van der Waals surface area contributed by atoms with Gasteiger partial charge in [-0.1, -0.05) is 18.6 Å². The van der Waals surface area contributed by atoms with E-state index in [9.17, 15) is 14.0 Å². The highest BCUT2D eigenvalue weighted by Gasteiger charge is 2.19. The quantitative estimate of drug-likeness (QED) is 0.814. The molecule has 1 heterocycles. The monoisotopic (exact) mass is 368 g/mol. The molecule has 1 saturated heterocycles. The Morgan fingerprint density at radius 3 is 2.48 bits per heavy atom. The van der Waals surface area contributed by atoms with Crippen LogP contribution in [0.1, 0.15) is 46.9 Å². The van der Waals surface area contributed by atoms with Gasteiger partial charge in [-0.25, -0.2) is 4.39 Å². The van der Waals surface area contributed by atoms with Gasteiger partial charge < -0.3 is 10.2 Å². The number of likely N-dealkylation sites (tertiary alicyclic amines) is 1. The fourth-order valence-electron chi connectivity index (χ4n) is 3.48. The van der Waals surface area contributed by atoms with Crippen molar-refractivity contribution in [2.75, 3.05) is 20.1 Å². The highest BCUT2D eigenvalue weighted by atomic mass is 19.1. The summed E-state index contributed by atoms with van der Waals surface area (Å²) in [7, 11) is 2.09. The minimum Gasteiger partial charge on any atom is -0.350 e. The molecule has 0 radical (unpaired) electrons. The molecule has 4 nitrogen and oxygen atoms in total. The first-order valence-electron chi connectivity index (χ1n) is 9.35. The number of hydrogen-bond acceptors (Lipinski definition) is 3. The maximum absolute atomic E-state index is 14.1. The van der Waals surface area contributed by atoms with E-state index in [1.54, 1.807) is 30.3 Å². The Labute approximate surface area is 159 Å². The highest BCUT2D eigenvalue weighted by Crippen LogP contribution is 2.25. The van der Waals surface area contributed by atoms with Gasteiger partial charge in [-0.15, -0.1) is 0 Å². The van der Waals surface area contributed by atoms with Crippen LogP contribution in [0.4, 0.5) is 4.39 Å². The predicted octanol–water partition coefficient (Wildman–Crippen LogP) is 3.91. The molecule has 1 aliphatic heterocycles. The molecule has 1 fully saturated rings. The van der Waals surface area contributed by atoms with Gasteiger partial charge in [0.1, 0.15) is 5.82 Å². The lowest BCUT2D eigenvalue weighted by Gasteiger charge is -2.32. The van der Waals surface area contributed by atoms with Gasteiger partial charge in [0.15, 0.2) is 5.78 Å². The van der Waals surface area contributed by atoms with Crippen LogP contribution in [0.15, 0.2) is 42.5 Å². The maximum atomic E-state index is 14.1. The van der Waals surface area contributed by atoms with Gasteiger partial charge in [0.05, 0.1) is 0 Å². The number of amides is 1. The van der Waals surface area contributed by atoms with E-state index in [0.29, 0.717) is 34.8 Å². The first-order valence-corrected chi connectivity index (χ1v) is 9.35. The van der Waals surface area contributed by atoms with Crippen LogP contribution in [0.2, 0.25) is 0 Å². The molecule has 0 unspecified atom stereocenters. The Morgan fingerprint density at radius 1 is 1.11 bits per heavy atom. The molecular weight excluding hydrogens is 343 g/mol. The van der Waals surface area contributed by atoms with Crippen LogP contribution in [0.3, 0.4) is 0 Å². The van der Waals surface area contributed by atoms with Crippen LogP contribution in [0.25, 0.3) is 11.1 Å². The van der Waals surface area contributed by atoms with Crippen molar-refractivity contribution in [3.63, 3.8) is 0 Å². The summed E-state index contributed by atoms with van der Waals surface area (Å²) in [4.78, 5) is 26.2. The van der Waals surface area contributed by atoms with Gasteiger partial charge in [0, 0.05) is 29.3 Å². The Morgan fingerprint density at radius 2 is 1.81 bits per heavy atom. The number of rotatable bonds is 5. The van der Waals surface area contributed by atoms with Gasteiger partial charge in [-0.2, -0.15) is 0 Å². The summed E-state index contributed by atoms with van der Waals surface area (Å²) < 4.78 is 14.1. The third-order valence-corrected chi connectivity index (χ3v) is 5.25. The number of likely N-dealkylation sites (N-methyl/N-ethyl adjacent to an activating group) is 1. The molecule has 1 amide bonds. The van der Waals surface area contributed by atoms with Crippen molar-refractivity contribution in [3.8, 4) is 11.1 Å². The predicted molar refractivity (Wildman–Crippen MR) is 104 cm³/mol. The second-order valence-corrected chi connectivity index (χ2v) is 7.17. The molecule has 0 bridgehead atoms. The van der Waals surface area contributed by atoms with Gasteiger partial charge in [-0.05, 0) is 69.3 Å². The van der Waals surface area contributed by atoms with Gasteiger partial charge >= 0.3 is 0 Å². The Bertz CT molecular complexity index is 833. The van der Waals surface area contributed by atoms with Gasteiger partial charge in [0.25, 0.3) is 5.91 Å². The first kappa shape index (κ1) is 19.2. The van der Waals surface area contributed by atoms with Crippen LogP contribution in [-0.2, 0) is 0 Å². The molecule has 2 aromatic carbocycles. The third kappa shape index (κ3) is 4.61. The zero-order chi connectivity index (χ0) is 19.4. The van der Waals surface area contributed by atoms with E-state index in [1.165, 1.54) is 31.9 Å². The van der Waals surface area contributed by atoms with Crippen molar-refractivity contribution < 1.29 is 14.0 Å². The fourth-order valence-corrected chi connectivity index (χ4v) is 3.48. The lowest BCUT2D eigenvalue weighted by molar-refractivity contribution is 0.0928. The summed E-state index contributed by atoms with van der Waals surface area (Å²) >= 11 is 0. The molecule has 142 valence electrons. The zero-order valence-electron chi connectivity index (χ0n) is 15.8. The van der Waals surface area contributed by atoms with E-state index in [2.05, 4.69) is 17.3 Å². The molecule has 2 aromatic rings. The average molecular weight is 368 g/mol. The number of Topliss-reactive ketones (excluding diaryl/α,β-unsaturated/α-hetero) is 1. The van der Waals surface area contributed by atoms with Crippen LogP contribution in [0, 0.1) is 5.82 Å². The molecule has 0 saturated carbocycles.